The van der Waals surface area contributed by atoms with Gasteiger partial charge in [0.25, 0.3) is 0 Å². The number of rotatable bonds is 6. The van der Waals surface area contributed by atoms with Gasteiger partial charge in [-0.2, -0.15) is 28.2 Å². The number of nitrogens with one attached hydrogen (secondary N) is 2. The first kappa shape index (κ1) is 30.8. The van der Waals surface area contributed by atoms with Gasteiger partial charge in [0.05, 0.1) is 35.6 Å². The first-order valence-corrected chi connectivity index (χ1v) is 15.1. The Bertz CT molecular complexity index is 2010. The largest absolute Gasteiger partial charge is 0.475 e. The van der Waals surface area contributed by atoms with Gasteiger partial charge in [-0.3, -0.25) is 5.10 Å². The Kier molecular flexibility index (Phi) is 7.49. The summed E-state index contributed by atoms with van der Waals surface area (Å²) in [6.45, 7) is 5.78. The summed E-state index contributed by atoms with van der Waals surface area (Å²) in [5.74, 6) is -1.70. The maximum Gasteiger partial charge on any atom is 0.417 e. The van der Waals surface area contributed by atoms with Crippen LogP contribution in [0, 0.1) is 18.6 Å². The van der Waals surface area contributed by atoms with Gasteiger partial charge >= 0.3 is 12.2 Å². The Hall–Kier alpha value is -4.86. The second-order valence-corrected chi connectivity index (χ2v) is 11.9. The molecule has 0 saturated carbocycles. The number of aromatic nitrogens is 6. The predicted octanol–water partition coefficient (Wildman–Crippen LogP) is 5.63. The summed E-state index contributed by atoms with van der Waals surface area (Å²) in [4.78, 5) is 19.1. The number of benzene rings is 1. The van der Waals surface area contributed by atoms with Gasteiger partial charge in [-0.05, 0) is 57.9 Å². The molecule has 47 heavy (non-hydrogen) atoms. The third-order valence-corrected chi connectivity index (χ3v) is 8.72. The van der Waals surface area contributed by atoms with Crippen molar-refractivity contribution in [2.45, 2.75) is 57.9 Å². The van der Waals surface area contributed by atoms with Gasteiger partial charge < -0.3 is 25.4 Å². The summed E-state index contributed by atoms with van der Waals surface area (Å²) in [5.41, 5.74) is 4.08. The van der Waals surface area contributed by atoms with Crippen LogP contribution in [0.3, 0.4) is 0 Å². The number of ether oxygens (including phenoxy) is 2. The van der Waals surface area contributed by atoms with E-state index in [-0.39, 0.29) is 70.2 Å². The zero-order chi connectivity index (χ0) is 33.2. The van der Waals surface area contributed by atoms with Crippen LogP contribution in [0.5, 0.6) is 11.9 Å². The topological polar surface area (TPSA) is 140 Å². The number of alkyl halides is 3. The molecule has 16 heteroatoms. The van der Waals surface area contributed by atoms with Gasteiger partial charge in [0.2, 0.25) is 5.88 Å². The van der Waals surface area contributed by atoms with Gasteiger partial charge in [0.1, 0.15) is 47.3 Å². The summed E-state index contributed by atoms with van der Waals surface area (Å²) in [7, 11) is 0. The lowest BCUT2D eigenvalue weighted by Crippen LogP contribution is -2.39. The summed E-state index contributed by atoms with van der Waals surface area (Å²) >= 11 is 0. The molecule has 4 N–H and O–H groups in total. The van der Waals surface area contributed by atoms with Crippen LogP contribution in [0.2, 0.25) is 0 Å². The van der Waals surface area contributed by atoms with E-state index in [2.05, 4.69) is 35.5 Å². The van der Waals surface area contributed by atoms with E-state index in [1.54, 1.807) is 18.7 Å². The number of anilines is 2. The Morgan fingerprint density at radius 2 is 1.98 bits per heavy atom. The highest BCUT2D eigenvalue weighted by molar-refractivity contribution is 6.02. The number of hydrogen-bond donors (Lipinski definition) is 3. The minimum atomic E-state index is -4.86. The Morgan fingerprint density at radius 1 is 1.17 bits per heavy atom. The molecule has 2 unspecified atom stereocenters. The van der Waals surface area contributed by atoms with Crippen LogP contribution in [-0.2, 0) is 6.18 Å². The molecule has 7 rings (SSSR count). The van der Waals surface area contributed by atoms with Crippen molar-refractivity contribution < 1.29 is 31.4 Å². The molecule has 3 atom stereocenters. The minimum absolute atomic E-state index is 0.00769. The van der Waals surface area contributed by atoms with E-state index in [4.69, 9.17) is 15.2 Å². The molecule has 5 aromatic rings. The molecule has 1 aromatic carbocycles. The number of aromatic amines is 1. The van der Waals surface area contributed by atoms with Crippen molar-refractivity contribution in [2.24, 2.45) is 0 Å². The molecule has 2 aliphatic rings. The van der Waals surface area contributed by atoms with Crippen molar-refractivity contribution in [3.8, 4) is 23.1 Å². The van der Waals surface area contributed by atoms with E-state index in [1.807, 2.05) is 0 Å². The van der Waals surface area contributed by atoms with Gasteiger partial charge in [0.15, 0.2) is 5.82 Å². The molecule has 11 nitrogen and oxygen atoms in total. The number of pyridine rings is 2. The quantitative estimate of drug-likeness (QED) is 0.197. The lowest BCUT2D eigenvalue weighted by atomic mass is 9.94. The van der Waals surface area contributed by atoms with Gasteiger partial charge in [0, 0.05) is 22.6 Å². The molecule has 0 aliphatic carbocycles. The Balaban J connectivity index is 1.50. The predicted molar refractivity (Wildman–Crippen MR) is 163 cm³/mol. The summed E-state index contributed by atoms with van der Waals surface area (Å²) in [6, 6.07) is 1.19. The monoisotopic (exact) mass is 655 g/mol. The van der Waals surface area contributed by atoms with Crippen LogP contribution >= 0.6 is 0 Å². The molecule has 4 aromatic heterocycles. The van der Waals surface area contributed by atoms with Crippen LogP contribution in [-0.4, -0.2) is 62.0 Å². The van der Waals surface area contributed by atoms with Crippen molar-refractivity contribution in [3.05, 3.63) is 52.9 Å². The number of halogens is 5. The smallest absolute Gasteiger partial charge is 0.417 e. The van der Waals surface area contributed by atoms with E-state index >= 15 is 4.39 Å². The lowest BCUT2D eigenvalue weighted by Gasteiger charge is -2.35. The Labute approximate surface area is 264 Å². The third-order valence-electron chi connectivity index (χ3n) is 8.72. The number of nitrogens with zero attached hydrogens (tertiary/aromatic N) is 6. The molecule has 2 aliphatic heterocycles. The minimum Gasteiger partial charge on any atom is -0.475 e. The zero-order valence-electron chi connectivity index (χ0n) is 25.5. The normalized spacial score (nSPS) is 18.9. The Morgan fingerprint density at radius 3 is 2.72 bits per heavy atom. The highest BCUT2D eigenvalue weighted by Gasteiger charge is 2.40. The zero-order valence-corrected chi connectivity index (χ0v) is 25.5. The van der Waals surface area contributed by atoms with Crippen molar-refractivity contribution in [3.63, 3.8) is 0 Å². The average Bonchev–Trinajstić information content (AvgIpc) is 3.69. The highest BCUT2D eigenvalue weighted by atomic mass is 19.4. The molecule has 0 spiro atoms. The summed E-state index contributed by atoms with van der Waals surface area (Å²) in [5, 5.41) is 9.92. The van der Waals surface area contributed by atoms with Crippen LogP contribution < -0.4 is 25.4 Å². The van der Waals surface area contributed by atoms with Crippen LogP contribution in [0.15, 0.2) is 24.5 Å². The fraction of sp³-hybridized carbons (Fsp3) is 0.387. The molecule has 0 bridgehead atoms. The molecule has 0 amide bonds. The first-order chi connectivity index (χ1) is 22.4. The van der Waals surface area contributed by atoms with Crippen molar-refractivity contribution in [1.82, 2.24) is 35.5 Å². The van der Waals surface area contributed by atoms with E-state index in [0.29, 0.717) is 5.56 Å². The fourth-order valence-corrected chi connectivity index (χ4v) is 6.54. The van der Waals surface area contributed by atoms with E-state index in [1.165, 1.54) is 25.3 Å². The number of fused-ring (bicyclic) bond motifs is 1. The fourth-order valence-electron chi connectivity index (χ4n) is 6.54. The number of aryl methyl sites for hydroxylation is 1. The first-order valence-electron chi connectivity index (χ1n) is 15.1. The number of nitrogens with two attached hydrogens (primary N) is 1. The van der Waals surface area contributed by atoms with Crippen LogP contribution in [0.1, 0.15) is 49.4 Å². The van der Waals surface area contributed by atoms with Crippen molar-refractivity contribution in [2.75, 3.05) is 30.4 Å². The lowest BCUT2D eigenvalue weighted by molar-refractivity contribution is -0.137. The number of hydrogen-bond acceptors (Lipinski definition) is 10. The third kappa shape index (κ3) is 5.29. The molecule has 6 heterocycles. The van der Waals surface area contributed by atoms with Gasteiger partial charge in [-0.15, -0.1) is 0 Å². The molecule has 0 radical (unpaired) electrons. The molecule has 246 valence electrons. The standard InChI is InChI=1S/C31H30F5N9O2/c1-13-7-20-19(10-40-44-20)21(23(13)31(34,35)36)25-24(33)26-22-28(43-30(42-26)47-12-17-5-4-6-38-17)45(14(2)11-46-29(22)41-25)15(3)18-8-16(32)9-39-27(18)37/h7-10,14-15,17,38H,4-6,11-12H2,1-3H3,(H2,37,39)(H,40,44)/t14-,15?,17?/m0/s1. The molecule has 1 fully saturated rings. The SMILES string of the molecule is Cc1cc2[nH]ncc2c(-c2nc3c4c(nc(OCC5CCCN5)nc4c2F)N(C(C)c2cc(F)cnc2N)[C@@H](C)CO3)c1C(F)(F)F. The maximum atomic E-state index is 17.0. The van der Waals surface area contributed by atoms with Gasteiger partial charge in [-0.1, -0.05) is 0 Å². The van der Waals surface area contributed by atoms with E-state index < -0.39 is 46.7 Å². The number of H-pyrrole nitrogens is 1. The average molecular weight is 656 g/mol. The number of nitrogen functional groups attached to an aromatic ring is 1. The highest BCUT2D eigenvalue weighted by Crippen LogP contribution is 2.47. The van der Waals surface area contributed by atoms with Crippen molar-refractivity contribution >= 4 is 33.4 Å². The molecular formula is C31H30F5N9O2. The van der Waals surface area contributed by atoms with Crippen LogP contribution in [0.4, 0.5) is 33.6 Å². The molecule has 1 saturated heterocycles. The summed E-state index contributed by atoms with van der Waals surface area (Å²) in [6.07, 6.45) is -0.863. The van der Waals surface area contributed by atoms with E-state index in [0.717, 1.165) is 25.6 Å². The van der Waals surface area contributed by atoms with E-state index in [9.17, 15) is 17.6 Å². The van der Waals surface area contributed by atoms with Crippen molar-refractivity contribution in [1.29, 1.82) is 0 Å². The molecular weight excluding hydrogens is 625 g/mol. The summed E-state index contributed by atoms with van der Waals surface area (Å²) < 4.78 is 87.2. The maximum absolute atomic E-state index is 17.0. The van der Waals surface area contributed by atoms with Crippen LogP contribution in [0.25, 0.3) is 33.1 Å². The second-order valence-electron chi connectivity index (χ2n) is 11.9. The second kappa shape index (κ2) is 11.4. The van der Waals surface area contributed by atoms with Gasteiger partial charge in [-0.25, -0.2) is 18.7 Å².